The Morgan fingerprint density at radius 3 is 2.42 bits per heavy atom. The number of carbonyl (C=O) groups excluding carboxylic acids is 3. The molecular weight excluding hydrogens is 354 g/mol. The second-order valence-electron chi connectivity index (χ2n) is 5.89. The second kappa shape index (κ2) is 9.19. The molecule has 0 unspecified atom stereocenters. The average molecular weight is 375 g/mol. The van der Waals surface area contributed by atoms with Gasteiger partial charge >= 0.3 is 5.97 Å². The lowest BCUT2D eigenvalue weighted by molar-refractivity contribution is -0.146. The molecule has 0 aliphatic carbocycles. The van der Waals surface area contributed by atoms with E-state index in [0.717, 1.165) is 10.6 Å². The number of nitrogens with zero attached hydrogens (tertiary/aromatic N) is 2. The molecule has 7 nitrogen and oxygen atoms in total. The Balaban J connectivity index is 1.71. The van der Waals surface area contributed by atoms with Gasteiger partial charge in [0.2, 0.25) is 16.8 Å². The molecule has 0 aliphatic rings. The maximum atomic E-state index is 12.2. The number of anilines is 1. The maximum absolute atomic E-state index is 12.2. The van der Waals surface area contributed by atoms with E-state index in [1.807, 2.05) is 19.1 Å². The zero-order chi connectivity index (χ0) is 19.1. The van der Waals surface area contributed by atoms with Crippen molar-refractivity contribution in [3.63, 3.8) is 0 Å². The summed E-state index contributed by atoms with van der Waals surface area (Å²) >= 11 is 1.28. The van der Waals surface area contributed by atoms with Crippen LogP contribution in [0.2, 0.25) is 0 Å². The van der Waals surface area contributed by atoms with E-state index in [1.54, 1.807) is 26.0 Å². The molecule has 1 heterocycles. The maximum Gasteiger partial charge on any atom is 0.306 e. The average Bonchev–Trinajstić information content (AvgIpc) is 2.99. The third-order valence-corrected chi connectivity index (χ3v) is 4.32. The van der Waals surface area contributed by atoms with Crippen LogP contribution in [0.25, 0.3) is 0 Å². The number of aromatic nitrogens is 2. The molecular formula is C18H21N3O4S. The van der Waals surface area contributed by atoms with E-state index < -0.39 is 12.1 Å². The normalized spacial score (nSPS) is 11.7. The molecule has 26 heavy (non-hydrogen) atoms. The number of aryl methyl sites for hydroxylation is 2. The minimum Gasteiger partial charge on any atom is -0.454 e. The van der Waals surface area contributed by atoms with Crippen LogP contribution < -0.4 is 5.32 Å². The van der Waals surface area contributed by atoms with Gasteiger partial charge in [-0.25, -0.2) is 0 Å². The first-order chi connectivity index (χ1) is 12.3. The highest BCUT2D eigenvalue weighted by molar-refractivity contribution is 7.15. The zero-order valence-electron chi connectivity index (χ0n) is 14.9. The first-order valence-electron chi connectivity index (χ1n) is 8.25. The van der Waals surface area contributed by atoms with Crippen LogP contribution in [0.1, 0.15) is 47.1 Å². The van der Waals surface area contributed by atoms with Gasteiger partial charge in [-0.3, -0.25) is 14.4 Å². The van der Waals surface area contributed by atoms with Crippen LogP contribution in [0.4, 0.5) is 5.13 Å². The summed E-state index contributed by atoms with van der Waals surface area (Å²) in [6, 6.07) is 7.09. The summed E-state index contributed by atoms with van der Waals surface area (Å²) in [5.74, 6) is -0.988. The van der Waals surface area contributed by atoms with Crippen molar-refractivity contribution >= 4 is 34.1 Å². The van der Waals surface area contributed by atoms with Crippen LogP contribution in [0, 0.1) is 13.8 Å². The molecule has 2 rings (SSSR count). The number of esters is 1. The molecule has 1 aromatic heterocycles. The van der Waals surface area contributed by atoms with Gasteiger partial charge in [-0.2, -0.15) is 0 Å². The van der Waals surface area contributed by atoms with Gasteiger partial charge < -0.3 is 10.1 Å². The molecule has 0 radical (unpaired) electrons. The number of Topliss-reactive ketones (excluding diaryl/α,β-unsaturated/α-hetero) is 1. The fourth-order valence-corrected chi connectivity index (χ4v) is 2.79. The highest BCUT2D eigenvalue weighted by Gasteiger charge is 2.19. The van der Waals surface area contributed by atoms with Crippen molar-refractivity contribution in [3.05, 3.63) is 40.4 Å². The first kappa shape index (κ1) is 19.7. The summed E-state index contributed by atoms with van der Waals surface area (Å²) in [7, 11) is 0. The van der Waals surface area contributed by atoms with Crippen molar-refractivity contribution in [2.75, 3.05) is 5.32 Å². The van der Waals surface area contributed by atoms with Gasteiger partial charge in [0.05, 0.1) is 0 Å². The van der Waals surface area contributed by atoms with E-state index in [9.17, 15) is 14.4 Å². The van der Waals surface area contributed by atoms with E-state index in [1.165, 1.54) is 11.3 Å². The van der Waals surface area contributed by atoms with Gasteiger partial charge in [-0.1, -0.05) is 41.2 Å². The number of benzene rings is 1. The van der Waals surface area contributed by atoms with Crippen molar-refractivity contribution < 1.29 is 19.1 Å². The minimum atomic E-state index is -0.858. The summed E-state index contributed by atoms with van der Waals surface area (Å²) in [5, 5.41) is 11.4. The van der Waals surface area contributed by atoms with E-state index in [-0.39, 0.29) is 24.5 Å². The molecule has 0 bridgehead atoms. The second-order valence-corrected chi connectivity index (χ2v) is 7.07. The molecule has 8 heteroatoms. The fraction of sp³-hybridized carbons (Fsp3) is 0.389. The van der Waals surface area contributed by atoms with Gasteiger partial charge in [0.15, 0.2) is 6.10 Å². The number of nitrogens with one attached hydrogen (secondary N) is 1. The van der Waals surface area contributed by atoms with Crippen molar-refractivity contribution in [1.82, 2.24) is 10.2 Å². The van der Waals surface area contributed by atoms with E-state index in [4.69, 9.17) is 4.74 Å². The lowest BCUT2D eigenvalue weighted by Gasteiger charge is -2.12. The largest absolute Gasteiger partial charge is 0.454 e. The number of carbonyl (C=O) groups is 3. The Bertz CT molecular complexity index is 786. The molecule has 0 saturated carbocycles. The predicted molar refractivity (Wildman–Crippen MR) is 98.2 cm³/mol. The third kappa shape index (κ3) is 6.03. The molecule has 0 saturated heterocycles. The number of rotatable bonds is 8. The summed E-state index contributed by atoms with van der Waals surface area (Å²) in [6.45, 7) is 5.27. The van der Waals surface area contributed by atoms with Crippen LogP contribution in [-0.4, -0.2) is 34.0 Å². The zero-order valence-corrected chi connectivity index (χ0v) is 15.8. The monoisotopic (exact) mass is 375 g/mol. The van der Waals surface area contributed by atoms with E-state index in [0.29, 0.717) is 17.1 Å². The SMILES string of the molecule is Cc1ccc(C(=O)[C@@H](C)OC(=O)CCCC(=O)Nc2nnc(C)s2)cc1. The molecule has 1 amide bonds. The molecule has 1 aromatic carbocycles. The van der Waals surface area contributed by atoms with Gasteiger partial charge in [0, 0.05) is 18.4 Å². The highest BCUT2D eigenvalue weighted by Crippen LogP contribution is 2.14. The number of ether oxygens (including phenoxy) is 1. The molecule has 0 aliphatic heterocycles. The lowest BCUT2D eigenvalue weighted by atomic mass is 10.1. The van der Waals surface area contributed by atoms with Crippen LogP contribution in [0.15, 0.2) is 24.3 Å². The van der Waals surface area contributed by atoms with Gasteiger partial charge in [0.1, 0.15) is 5.01 Å². The number of hydrogen-bond donors (Lipinski definition) is 1. The van der Waals surface area contributed by atoms with Gasteiger partial charge in [-0.05, 0) is 27.2 Å². The van der Waals surface area contributed by atoms with Crippen LogP contribution in [0.3, 0.4) is 0 Å². The molecule has 0 fully saturated rings. The molecule has 1 N–H and O–H groups in total. The number of amides is 1. The van der Waals surface area contributed by atoms with E-state index in [2.05, 4.69) is 15.5 Å². The third-order valence-electron chi connectivity index (χ3n) is 3.57. The number of hydrogen-bond acceptors (Lipinski definition) is 7. The Morgan fingerprint density at radius 1 is 1.12 bits per heavy atom. The topological polar surface area (TPSA) is 98.2 Å². The predicted octanol–water partition coefficient (Wildman–Crippen LogP) is 3.08. The summed E-state index contributed by atoms with van der Waals surface area (Å²) in [4.78, 5) is 35.9. The van der Waals surface area contributed by atoms with Crippen molar-refractivity contribution in [3.8, 4) is 0 Å². The van der Waals surface area contributed by atoms with Crippen LogP contribution in [-0.2, 0) is 14.3 Å². The molecule has 2 aromatic rings. The van der Waals surface area contributed by atoms with Gasteiger partial charge in [0.25, 0.3) is 0 Å². The Hall–Kier alpha value is -2.61. The highest BCUT2D eigenvalue weighted by atomic mass is 32.1. The molecule has 1 atom stereocenters. The lowest BCUT2D eigenvalue weighted by Crippen LogP contribution is -2.24. The summed E-state index contributed by atoms with van der Waals surface area (Å²) < 4.78 is 5.16. The minimum absolute atomic E-state index is 0.0636. The Kier molecular flexibility index (Phi) is 6.97. The van der Waals surface area contributed by atoms with Crippen molar-refractivity contribution in [2.24, 2.45) is 0 Å². The fourth-order valence-electron chi connectivity index (χ4n) is 2.18. The molecule has 0 spiro atoms. The Morgan fingerprint density at radius 2 is 1.81 bits per heavy atom. The van der Waals surface area contributed by atoms with Crippen molar-refractivity contribution in [2.45, 2.75) is 46.1 Å². The van der Waals surface area contributed by atoms with Crippen LogP contribution in [0.5, 0.6) is 0 Å². The standard InChI is InChI=1S/C18H21N3O4S/c1-11-7-9-14(10-8-11)17(24)12(2)25-16(23)6-4-5-15(22)19-18-21-20-13(3)26-18/h7-10,12H,4-6H2,1-3H3,(H,19,21,22)/t12-/m1/s1. The smallest absolute Gasteiger partial charge is 0.306 e. The quantitative estimate of drug-likeness (QED) is 0.562. The van der Waals surface area contributed by atoms with Crippen LogP contribution >= 0.6 is 11.3 Å². The van der Waals surface area contributed by atoms with E-state index >= 15 is 0 Å². The first-order valence-corrected chi connectivity index (χ1v) is 9.07. The van der Waals surface area contributed by atoms with Gasteiger partial charge in [-0.15, -0.1) is 10.2 Å². The number of ketones is 1. The summed E-state index contributed by atoms with van der Waals surface area (Å²) in [6.07, 6.45) is -0.306. The van der Waals surface area contributed by atoms with Crippen molar-refractivity contribution in [1.29, 1.82) is 0 Å². The molecule has 138 valence electrons. The summed E-state index contributed by atoms with van der Waals surface area (Å²) in [5.41, 5.74) is 1.55. The Labute approximate surface area is 155 Å².